The molecule has 2 aromatic carbocycles. The van der Waals surface area contributed by atoms with E-state index in [2.05, 4.69) is 58.9 Å². The molecule has 0 unspecified atom stereocenters. The number of rotatable bonds is 5. The molecule has 27 heavy (non-hydrogen) atoms. The molecule has 1 aliphatic rings. The van der Waals surface area contributed by atoms with Crippen LogP contribution >= 0.6 is 11.8 Å². The monoisotopic (exact) mass is 381 g/mol. The van der Waals surface area contributed by atoms with E-state index in [1.807, 2.05) is 18.2 Å². The van der Waals surface area contributed by atoms with E-state index >= 15 is 0 Å². The van der Waals surface area contributed by atoms with Crippen LogP contribution in [-0.4, -0.2) is 40.0 Å². The molecule has 5 nitrogen and oxygen atoms in total. The minimum Gasteiger partial charge on any atom is -0.355 e. The van der Waals surface area contributed by atoms with Gasteiger partial charge in [-0.3, -0.25) is 4.57 Å². The van der Waals surface area contributed by atoms with Crippen molar-refractivity contribution in [3.05, 3.63) is 59.7 Å². The van der Waals surface area contributed by atoms with Crippen LogP contribution in [0.4, 0.5) is 0 Å². The Morgan fingerprint density at radius 2 is 1.93 bits per heavy atom. The Hall–Kier alpha value is -2.15. The number of thioether (sulfide) groups is 1. The molecule has 4 rings (SSSR count). The molecule has 3 aromatic rings. The summed E-state index contributed by atoms with van der Waals surface area (Å²) in [6.45, 7) is 5.39. The normalized spacial score (nSPS) is 17.2. The number of aromatic nitrogens is 3. The first-order valence-electron chi connectivity index (χ1n) is 9.13. The standard InChI is InChI=1S/C21H23N3O2S/c1-15-8-9-18(12-16(15)2)24-20(17-6-4-3-5-7-17)22-23-21(24)27-13-19-10-11-25-14-26-19/h3-9,12,19H,10-11,13-14H2,1-2H3/t19-/m0/s1. The van der Waals surface area contributed by atoms with E-state index in [0.29, 0.717) is 6.79 Å². The molecule has 0 amide bonds. The van der Waals surface area contributed by atoms with Crippen LogP contribution in [0, 0.1) is 13.8 Å². The van der Waals surface area contributed by atoms with E-state index in [-0.39, 0.29) is 6.10 Å². The van der Waals surface area contributed by atoms with Gasteiger partial charge in [-0.1, -0.05) is 48.2 Å². The summed E-state index contributed by atoms with van der Waals surface area (Å²) in [4.78, 5) is 0. The quantitative estimate of drug-likeness (QED) is 0.613. The molecule has 1 atom stereocenters. The maximum atomic E-state index is 5.67. The number of hydrogen-bond donors (Lipinski definition) is 0. The summed E-state index contributed by atoms with van der Waals surface area (Å²) in [6.07, 6.45) is 1.10. The molecule has 0 radical (unpaired) electrons. The lowest BCUT2D eigenvalue weighted by atomic mass is 10.1. The molecular weight excluding hydrogens is 358 g/mol. The molecule has 140 valence electrons. The van der Waals surface area contributed by atoms with Crippen LogP contribution in [0.2, 0.25) is 0 Å². The first kappa shape index (κ1) is 18.2. The minimum absolute atomic E-state index is 0.189. The van der Waals surface area contributed by atoms with Gasteiger partial charge in [0.25, 0.3) is 0 Å². The summed E-state index contributed by atoms with van der Waals surface area (Å²) in [6, 6.07) is 16.7. The molecule has 0 saturated carbocycles. The summed E-state index contributed by atoms with van der Waals surface area (Å²) in [5, 5.41) is 9.88. The fraction of sp³-hybridized carbons (Fsp3) is 0.333. The third-order valence-corrected chi connectivity index (χ3v) is 5.84. The van der Waals surface area contributed by atoms with Crippen molar-refractivity contribution < 1.29 is 9.47 Å². The van der Waals surface area contributed by atoms with Crippen molar-refractivity contribution in [3.8, 4) is 17.1 Å². The number of benzene rings is 2. The molecule has 1 saturated heterocycles. The van der Waals surface area contributed by atoms with Crippen molar-refractivity contribution in [2.45, 2.75) is 31.5 Å². The van der Waals surface area contributed by atoms with Crippen LogP contribution in [0.3, 0.4) is 0 Å². The van der Waals surface area contributed by atoms with E-state index in [4.69, 9.17) is 9.47 Å². The van der Waals surface area contributed by atoms with Gasteiger partial charge in [-0.25, -0.2) is 0 Å². The highest BCUT2D eigenvalue weighted by molar-refractivity contribution is 7.99. The van der Waals surface area contributed by atoms with Crippen molar-refractivity contribution in [2.24, 2.45) is 0 Å². The summed E-state index contributed by atoms with van der Waals surface area (Å²) in [7, 11) is 0. The lowest BCUT2D eigenvalue weighted by Gasteiger charge is -2.22. The summed E-state index contributed by atoms with van der Waals surface area (Å²) in [5.74, 6) is 1.69. The topological polar surface area (TPSA) is 49.2 Å². The van der Waals surface area contributed by atoms with Gasteiger partial charge in [0, 0.05) is 11.3 Å². The average molecular weight is 382 g/mol. The summed E-state index contributed by atoms with van der Waals surface area (Å²) >= 11 is 1.68. The smallest absolute Gasteiger partial charge is 0.196 e. The molecule has 1 aromatic heterocycles. The molecule has 1 fully saturated rings. The van der Waals surface area contributed by atoms with Crippen molar-refractivity contribution in [2.75, 3.05) is 19.2 Å². The highest BCUT2D eigenvalue weighted by atomic mass is 32.2. The van der Waals surface area contributed by atoms with Crippen LogP contribution in [0.15, 0.2) is 53.7 Å². The van der Waals surface area contributed by atoms with Gasteiger partial charge in [0.15, 0.2) is 11.0 Å². The van der Waals surface area contributed by atoms with Gasteiger partial charge in [0.2, 0.25) is 0 Å². The van der Waals surface area contributed by atoms with Gasteiger partial charge in [-0.05, 0) is 43.5 Å². The van der Waals surface area contributed by atoms with Gasteiger partial charge in [-0.2, -0.15) is 0 Å². The zero-order chi connectivity index (χ0) is 18.6. The van der Waals surface area contributed by atoms with Crippen LogP contribution in [0.1, 0.15) is 17.5 Å². The molecular formula is C21H23N3O2S. The van der Waals surface area contributed by atoms with Gasteiger partial charge in [-0.15, -0.1) is 10.2 Å². The first-order valence-corrected chi connectivity index (χ1v) is 10.1. The first-order chi connectivity index (χ1) is 13.2. The fourth-order valence-electron chi connectivity index (χ4n) is 3.04. The predicted octanol–water partition coefficient (Wildman–Crippen LogP) is 4.41. The maximum Gasteiger partial charge on any atom is 0.196 e. The Kier molecular flexibility index (Phi) is 5.57. The van der Waals surface area contributed by atoms with E-state index in [1.165, 1.54) is 11.1 Å². The third kappa shape index (κ3) is 4.08. The Labute approximate surface area is 163 Å². The second-order valence-corrected chi connectivity index (χ2v) is 7.68. The van der Waals surface area contributed by atoms with Crippen LogP contribution in [0.25, 0.3) is 17.1 Å². The largest absolute Gasteiger partial charge is 0.355 e. The lowest BCUT2D eigenvalue weighted by molar-refractivity contribution is -0.130. The summed E-state index contributed by atoms with van der Waals surface area (Å²) < 4.78 is 13.1. The van der Waals surface area contributed by atoms with Crippen LogP contribution < -0.4 is 0 Å². The van der Waals surface area contributed by atoms with Crippen molar-refractivity contribution in [3.63, 3.8) is 0 Å². The number of nitrogens with zero attached hydrogens (tertiary/aromatic N) is 3. The van der Waals surface area contributed by atoms with Gasteiger partial charge >= 0.3 is 0 Å². The number of ether oxygens (including phenoxy) is 2. The highest BCUT2D eigenvalue weighted by Crippen LogP contribution is 2.30. The van der Waals surface area contributed by atoms with E-state index in [1.54, 1.807) is 11.8 Å². The zero-order valence-corrected chi connectivity index (χ0v) is 16.4. The lowest BCUT2D eigenvalue weighted by Crippen LogP contribution is -2.25. The van der Waals surface area contributed by atoms with E-state index < -0.39 is 0 Å². The van der Waals surface area contributed by atoms with Crippen molar-refractivity contribution >= 4 is 11.8 Å². The second kappa shape index (κ2) is 8.25. The Morgan fingerprint density at radius 3 is 2.67 bits per heavy atom. The maximum absolute atomic E-state index is 5.67. The Balaban J connectivity index is 1.70. The van der Waals surface area contributed by atoms with Gasteiger partial charge in [0.05, 0.1) is 18.4 Å². The van der Waals surface area contributed by atoms with E-state index in [9.17, 15) is 0 Å². The molecule has 0 N–H and O–H groups in total. The zero-order valence-electron chi connectivity index (χ0n) is 15.6. The molecule has 6 heteroatoms. The van der Waals surface area contributed by atoms with E-state index in [0.717, 1.165) is 41.0 Å². The molecule has 0 bridgehead atoms. The average Bonchev–Trinajstić information content (AvgIpc) is 3.14. The van der Waals surface area contributed by atoms with Gasteiger partial charge < -0.3 is 9.47 Å². The van der Waals surface area contributed by atoms with Gasteiger partial charge in [0.1, 0.15) is 6.79 Å². The molecule has 0 aliphatic carbocycles. The second-order valence-electron chi connectivity index (χ2n) is 6.69. The Morgan fingerprint density at radius 1 is 1.07 bits per heavy atom. The SMILES string of the molecule is Cc1ccc(-n2c(SC[C@@H]3CCOCO3)nnc2-c2ccccc2)cc1C. The van der Waals surface area contributed by atoms with Crippen LogP contribution in [0.5, 0.6) is 0 Å². The van der Waals surface area contributed by atoms with Crippen molar-refractivity contribution in [1.29, 1.82) is 0 Å². The Bertz CT molecular complexity index is 905. The molecule has 1 aliphatic heterocycles. The minimum atomic E-state index is 0.189. The number of hydrogen-bond acceptors (Lipinski definition) is 5. The number of aryl methyl sites for hydroxylation is 2. The highest BCUT2D eigenvalue weighted by Gasteiger charge is 2.20. The molecule has 0 spiro atoms. The fourth-order valence-corrected chi connectivity index (χ4v) is 4.05. The third-order valence-electron chi connectivity index (χ3n) is 4.78. The predicted molar refractivity (Wildman–Crippen MR) is 107 cm³/mol. The van der Waals surface area contributed by atoms with Crippen molar-refractivity contribution in [1.82, 2.24) is 14.8 Å². The molecule has 2 heterocycles. The summed E-state index contributed by atoms with van der Waals surface area (Å²) in [5.41, 5.74) is 4.66. The van der Waals surface area contributed by atoms with Crippen LogP contribution in [-0.2, 0) is 9.47 Å².